The highest BCUT2D eigenvalue weighted by molar-refractivity contribution is 5.73. The van der Waals surface area contributed by atoms with Crippen LogP contribution in [0.5, 0.6) is 5.75 Å². The summed E-state index contributed by atoms with van der Waals surface area (Å²) in [5.74, 6) is 2.21. The van der Waals surface area contributed by atoms with Crippen molar-refractivity contribution in [2.24, 2.45) is 0 Å². The molecule has 0 amide bonds. The van der Waals surface area contributed by atoms with E-state index in [0.717, 1.165) is 30.1 Å². The molecule has 3 aromatic rings. The molecule has 1 fully saturated rings. The second-order valence-electron chi connectivity index (χ2n) is 6.95. The van der Waals surface area contributed by atoms with Crippen LogP contribution in [-0.2, 0) is 0 Å². The molecule has 3 heterocycles. The average Bonchev–Trinajstić information content (AvgIpc) is 3.05. The monoisotopic (exact) mass is 389 g/mol. The summed E-state index contributed by atoms with van der Waals surface area (Å²) >= 11 is 0. The van der Waals surface area contributed by atoms with Gasteiger partial charge in [0.2, 0.25) is 0 Å². The fraction of sp³-hybridized carbons (Fsp3) is 0.333. The standard InChI is InChI=1S/C21H23N7O/c1-22-20-13-24-21(14-23-20)25-19-12-17(26-27-19)16-8-7-15(11-18(16)29-2)28-9-5-3-4-6-10-28/h7-8,11-14H,3-6,9-10H2,2H3,(H2,24,25,26,27). The summed E-state index contributed by atoms with van der Waals surface area (Å²) in [6.45, 7) is 9.12. The lowest BCUT2D eigenvalue weighted by atomic mass is 10.1. The molecule has 1 saturated heterocycles. The molecule has 0 aliphatic carbocycles. The normalized spacial score (nSPS) is 14.1. The lowest BCUT2D eigenvalue weighted by molar-refractivity contribution is 0.416. The van der Waals surface area contributed by atoms with Gasteiger partial charge in [-0.1, -0.05) is 19.4 Å². The maximum atomic E-state index is 6.93. The highest BCUT2D eigenvalue weighted by atomic mass is 16.5. The Morgan fingerprint density at radius 2 is 1.90 bits per heavy atom. The van der Waals surface area contributed by atoms with Crippen LogP contribution in [0.25, 0.3) is 16.1 Å². The smallest absolute Gasteiger partial charge is 0.288 e. The summed E-state index contributed by atoms with van der Waals surface area (Å²) in [7, 11) is 1.69. The van der Waals surface area contributed by atoms with Gasteiger partial charge < -0.3 is 19.8 Å². The van der Waals surface area contributed by atoms with Gasteiger partial charge in [0.15, 0.2) is 17.8 Å². The number of nitrogens with one attached hydrogen (secondary N) is 2. The van der Waals surface area contributed by atoms with E-state index in [1.54, 1.807) is 7.11 Å². The molecule has 8 heteroatoms. The van der Waals surface area contributed by atoms with Crippen LogP contribution in [-0.4, -0.2) is 40.4 Å². The number of anilines is 3. The number of hydrogen-bond acceptors (Lipinski definition) is 6. The van der Waals surface area contributed by atoms with Crippen molar-refractivity contribution in [3.63, 3.8) is 0 Å². The lowest BCUT2D eigenvalue weighted by Gasteiger charge is -2.23. The molecule has 2 aromatic heterocycles. The lowest BCUT2D eigenvalue weighted by Crippen LogP contribution is -2.23. The summed E-state index contributed by atoms with van der Waals surface area (Å²) in [5.41, 5.74) is 2.99. The van der Waals surface area contributed by atoms with Crippen molar-refractivity contribution in [2.45, 2.75) is 25.7 Å². The van der Waals surface area contributed by atoms with Gasteiger partial charge in [0.25, 0.3) is 5.82 Å². The number of nitrogens with zero attached hydrogens (tertiary/aromatic N) is 5. The van der Waals surface area contributed by atoms with Crippen LogP contribution >= 0.6 is 0 Å². The number of benzene rings is 1. The van der Waals surface area contributed by atoms with Crippen molar-refractivity contribution in [2.75, 3.05) is 30.4 Å². The van der Waals surface area contributed by atoms with E-state index in [4.69, 9.17) is 11.3 Å². The van der Waals surface area contributed by atoms with Gasteiger partial charge in [0.05, 0.1) is 19.0 Å². The molecular formula is C21H23N7O. The molecule has 0 radical (unpaired) electrons. The predicted octanol–water partition coefficient (Wildman–Crippen LogP) is 4.55. The Morgan fingerprint density at radius 1 is 1.07 bits per heavy atom. The molecule has 1 aliphatic heterocycles. The molecular weight excluding hydrogens is 366 g/mol. The van der Waals surface area contributed by atoms with Gasteiger partial charge in [-0.15, -0.1) is 4.98 Å². The van der Waals surface area contributed by atoms with Crippen LogP contribution in [0.15, 0.2) is 36.7 Å². The fourth-order valence-corrected chi connectivity index (χ4v) is 3.53. The minimum Gasteiger partial charge on any atom is -0.496 e. The Bertz CT molecular complexity index is 999. The molecule has 1 aliphatic rings. The van der Waals surface area contributed by atoms with Crippen LogP contribution in [0.3, 0.4) is 0 Å². The molecule has 0 unspecified atom stereocenters. The summed E-state index contributed by atoms with van der Waals surface area (Å²) in [5, 5.41) is 10.4. The SMILES string of the molecule is [C-]#[N+]c1cnc(Nc2cc(-c3ccc(N4CCCCCC4)cc3OC)[nH]n2)cn1. The molecule has 0 saturated carbocycles. The zero-order chi connectivity index (χ0) is 20.1. The molecule has 1 aromatic carbocycles. The molecule has 2 N–H and O–H groups in total. The molecule has 8 nitrogen and oxygen atoms in total. The molecule has 0 atom stereocenters. The highest BCUT2D eigenvalue weighted by Crippen LogP contribution is 2.34. The number of aromatic amines is 1. The van der Waals surface area contributed by atoms with Crippen LogP contribution in [0, 0.1) is 6.57 Å². The van der Waals surface area contributed by atoms with Crippen LogP contribution in [0.2, 0.25) is 0 Å². The van der Waals surface area contributed by atoms with E-state index in [0.29, 0.717) is 11.6 Å². The van der Waals surface area contributed by atoms with Crippen molar-refractivity contribution in [3.05, 3.63) is 48.1 Å². The third kappa shape index (κ3) is 4.29. The van der Waals surface area contributed by atoms with E-state index in [1.165, 1.54) is 43.8 Å². The van der Waals surface area contributed by atoms with Crippen molar-refractivity contribution in [1.29, 1.82) is 0 Å². The van der Waals surface area contributed by atoms with Gasteiger partial charge >= 0.3 is 0 Å². The largest absolute Gasteiger partial charge is 0.496 e. The van der Waals surface area contributed by atoms with Gasteiger partial charge in [-0.2, -0.15) is 5.10 Å². The first-order valence-electron chi connectivity index (χ1n) is 9.72. The number of rotatable bonds is 5. The highest BCUT2D eigenvalue weighted by Gasteiger charge is 2.15. The van der Waals surface area contributed by atoms with Gasteiger partial charge in [0, 0.05) is 36.5 Å². The zero-order valence-electron chi connectivity index (χ0n) is 16.4. The Morgan fingerprint density at radius 3 is 2.59 bits per heavy atom. The van der Waals surface area contributed by atoms with E-state index < -0.39 is 0 Å². The van der Waals surface area contributed by atoms with Gasteiger partial charge in [-0.05, 0) is 25.0 Å². The van der Waals surface area contributed by atoms with Crippen molar-refractivity contribution >= 4 is 23.1 Å². The maximum absolute atomic E-state index is 6.93. The van der Waals surface area contributed by atoms with Crippen molar-refractivity contribution < 1.29 is 4.74 Å². The van der Waals surface area contributed by atoms with E-state index >= 15 is 0 Å². The first-order chi connectivity index (χ1) is 14.3. The Hall–Kier alpha value is -3.60. The topological polar surface area (TPSA) is 83.3 Å². The van der Waals surface area contributed by atoms with Crippen molar-refractivity contribution in [3.8, 4) is 17.0 Å². The molecule has 0 spiro atoms. The zero-order valence-corrected chi connectivity index (χ0v) is 16.4. The summed E-state index contributed by atoms with van der Waals surface area (Å²) < 4.78 is 5.67. The Labute approximate surface area is 169 Å². The first-order valence-corrected chi connectivity index (χ1v) is 9.72. The summed E-state index contributed by atoms with van der Waals surface area (Å²) in [6.07, 6.45) is 8.02. The number of methoxy groups -OCH3 is 1. The third-order valence-corrected chi connectivity index (χ3v) is 5.03. The van der Waals surface area contributed by atoms with Crippen molar-refractivity contribution in [1.82, 2.24) is 20.2 Å². The Kier molecular flexibility index (Phi) is 5.56. The molecule has 0 bridgehead atoms. The molecule has 4 rings (SSSR count). The quantitative estimate of drug-likeness (QED) is 0.623. The minimum absolute atomic E-state index is 0.257. The van der Waals surface area contributed by atoms with Crippen LogP contribution < -0.4 is 15.0 Å². The number of H-pyrrole nitrogens is 1. The van der Waals surface area contributed by atoms with E-state index in [9.17, 15) is 0 Å². The number of ether oxygens (including phenoxy) is 1. The first kappa shape index (κ1) is 18.7. The third-order valence-electron chi connectivity index (χ3n) is 5.03. The molecule has 148 valence electrons. The second-order valence-corrected chi connectivity index (χ2v) is 6.95. The molecule has 29 heavy (non-hydrogen) atoms. The fourth-order valence-electron chi connectivity index (χ4n) is 3.53. The minimum atomic E-state index is 0.257. The summed E-state index contributed by atoms with van der Waals surface area (Å²) in [4.78, 5) is 13.8. The van der Waals surface area contributed by atoms with Gasteiger partial charge in [-0.3, -0.25) is 5.10 Å². The van der Waals surface area contributed by atoms with Gasteiger partial charge in [-0.25, -0.2) is 4.98 Å². The van der Waals surface area contributed by atoms with E-state index in [2.05, 4.69) is 53.4 Å². The summed E-state index contributed by atoms with van der Waals surface area (Å²) in [6, 6.07) is 8.21. The van der Waals surface area contributed by atoms with Crippen LogP contribution in [0.4, 0.5) is 23.1 Å². The van der Waals surface area contributed by atoms with Crippen LogP contribution in [0.1, 0.15) is 25.7 Å². The maximum Gasteiger partial charge on any atom is 0.288 e. The second kappa shape index (κ2) is 8.61. The predicted molar refractivity (Wildman–Crippen MR) is 113 cm³/mol. The number of hydrogen-bond donors (Lipinski definition) is 2. The average molecular weight is 389 g/mol. The van der Waals surface area contributed by atoms with E-state index in [-0.39, 0.29) is 5.82 Å². The Balaban J connectivity index is 1.54. The van der Waals surface area contributed by atoms with E-state index in [1.807, 2.05) is 6.07 Å². The number of aromatic nitrogens is 4. The van der Waals surface area contributed by atoms with Gasteiger partial charge in [0.1, 0.15) is 5.75 Å².